The summed E-state index contributed by atoms with van der Waals surface area (Å²) in [5.41, 5.74) is 2.35. The number of benzene rings is 1. The van der Waals surface area contributed by atoms with Gasteiger partial charge in [-0.2, -0.15) is 0 Å². The Labute approximate surface area is 65.8 Å². The Balaban J connectivity index is 2.69. The highest BCUT2D eigenvalue weighted by atomic mass is 35.5. The molecule has 0 unspecified atom stereocenters. The van der Waals surface area contributed by atoms with Crippen molar-refractivity contribution in [1.82, 2.24) is 0 Å². The number of aryl methyl sites for hydroxylation is 1. The van der Waals surface area contributed by atoms with Crippen molar-refractivity contribution in [3.63, 3.8) is 0 Å². The monoisotopic (exact) mass is 156 g/mol. The Hall–Kier alpha value is -0.530. The maximum atomic E-state index is 5.08. The second kappa shape index (κ2) is 3.59. The second-order valence-corrected chi connectivity index (χ2v) is 2.46. The molecule has 0 saturated heterocycles. The minimum Gasteiger partial charge on any atom is -0.274 e. The van der Waals surface area contributed by atoms with Crippen LogP contribution in [0, 0.1) is 6.92 Å². The molecule has 1 nitrogen and oxygen atoms in total. The molecule has 0 bridgehead atoms. The largest absolute Gasteiger partial charge is 0.274 e. The van der Waals surface area contributed by atoms with E-state index < -0.39 is 0 Å². The minimum absolute atomic E-state index is 0.474. The van der Waals surface area contributed by atoms with Crippen molar-refractivity contribution in [2.75, 3.05) is 0 Å². The summed E-state index contributed by atoms with van der Waals surface area (Å²) in [6, 6.07) is 8.06. The molecule has 0 fully saturated rings. The fraction of sp³-hybridized carbons (Fsp3) is 0.250. The van der Waals surface area contributed by atoms with Crippen molar-refractivity contribution in [3.05, 3.63) is 35.4 Å². The SMILES string of the molecule is Cc1ccc(COCl)cc1. The van der Waals surface area contributed by atoms with Gasteiger partial charge in [0, 0.05) is 0 Å². The molecule has 54 valence electrons. The van der Waals surface area contributed by atoms with Crippen LogP contribution in [-0.2, 0) is 10.9 Å². The Morgan fingerprint density at radius 1 is 1.30 bits per heavy atom. The lowest BCUT2D eigenvalue weighted by Crippen LogP contribution is -1.82. The maximum Gasteiger partial charge on any atom is 0.0933 e. The molecule has 10 heavy (non-hydrogen) atoms. The summed E-state index contributed by atoms with van der Waals surface area (Å²) in [4.78, 5) is 0. The van der Waals surface area contributed by atoms with E-state index in [1.165, 1.54) is 5.56 Å². The van der Waals surface area contributed by atoms with Gasteiger partial charge in [0.05, 0.1) is 18.5 Å². The van der Waals surface area contributed by atoms with E-state index in [-0.39, 0.29) is 0 Å². The Morgan fingerprint density at radius 2 is 1.90 bits per heavy atom. The first kappa shape index (κ1) is 7.58. The summed E-state index contributed by atoms with van der Waals surface area (Å²) >= 11 is 5.08. The average Bonchev–Trinajstić information content (AvgIpc) is 1.95. The molecule has 1 aromatic carbocycles. The molecule has 0 aliphatic carbocycles. The molecular weight excluding hydrogens is 148 g/mol. The van der Waals surface area contributed by atoms with Crippen LogP contribution in [0.3, 0.4) is 0 Å². The molecule has 0 N–H and O–H groups in total. The third-order valence-corrected chi connectivity index (χ3v) is 1.45. The number of hydrogen-bond donors (Lipinski definition) is 0. The highest BCUT2D eigenvalue weighted by molar-refractivity contribution is 6.07. The van der Waals surface area contributed by atoms with Crippen LogP contribution in [0.4, 0.5) is 0 Å². The van der Waals surface area contributed by atoms with Crippen LogP contribution in [0.2, 0.25) is 0 Å². The normalized spacial score (nSPS) is 9.80. The van der Waals surface area contributed by atoms with Gasteiger partial charge in [-0.05, 0) is 12.5 Å². The van der Waals surface area contributed by atoms with Crippen LogP contribution in [0.5, 0.6) is 0 Å². The van der Waals surface area contributed by atoms with Crippen molar-refractivity contribution in [1.29, 1.82) is 0 Å². The second-order valence-electron chi connectivity index (χ2n) is 2.24. The first-order valence-electron chi connectivity index (χ1n) is 3.12. The van der Waals surface area contributed by atoms with Gasteiger partial charge in [-0.3, -0.25) is 4.29 Å². The van der Waals surface area contributed by atoms with Gasteiger partial charge in [-0.1, -0.05) is 29.8 Å². The average molecular weight is 157 g/mol. The molecule has 1 aromatic rings. The van der Waals surface area contributed by atoms with E-state index in [1.54, 1.807) is 0 Å². The van der Waals surface area contributed by atoms with Gasteiger partial charge >= 0.3 is 0 Å². The van der Waals surface area contributed by atoms with Crippen LogP contribution in [0.1, 0.15) is 11.1 Å². The van der Waals surface area contributed by atoms with Gasteiger partial charge in [0.25, 0.3) is 0 Å². The molecule has 0 amide bonds. The van der Waals surface area contributed by atoms with Crippen LogP contribution in [0.15, 0.2) is 24.3 Å². The van der Waals surface area contributed by atoms with Gasteiger partial charge in [0.2, 0.25) is 0 Å². The van der Waals surface area contributed by atoms with Gasteiger partial charge < -0.3 is 0 Å². The predicted molar refractivity (Wildman–Crippen MR) is 41.8 cm³/mol. The van der Waals surface area contributed by atoms with Crippen LogP contribution in [0.25, 0.3) is 0 Å². The Morgan fingerprint density at radius 3 is 2.40 bits per heavy atom. The highest BCUT2D eigenvalue weighted by Crippen LogP contribution is 2.04. The zero-order chi connectivity index (χ0) is 7.40. The fourth-order valence-corrected chi connectivity index (χ4v) is 0.873. The summed E-state index contributed by atoms with van der Waals surface area (Å²) in [7, 11) is 0. The Kier molecular flexibility index (Phi) is 2.72. The van der Waals surface area contributed by atoms with Crippen LogP contribution in [-0.4, -0.2) is 0 Å². The van der Waals surface area contributed by atoms with Crippen molar-refractivity contribution >= 4 is 11.9 Å². The van der Waals surface area contributed by atoms with E-state index in [0.29, 0.717) is 6.61 Å². The molecular formula is C8H9ClO. The summed E-state index contributed by atoms with van der Waals surface area (Å²) in [6.07, 6.45) is 0. The molecule has 0 saturated carbocycles. The number of halogens is 1. The topological polar surface area (TPSA) is 9.23 Å². The molecule has 0 atom stereocenters. The zero-order valence-electron chi connectivity index (χ0n) is 5.80. The predicted octanol–water partition coefficient (Wildman–Crippen LogP) is 2.67. The van der Waals surface area contributed by atoms with Crippen molar-refractivity contribution < 1.29 is 4.29 Å². The Bertz CT molecular complexity index is 193. The van der Waals surface area contributed by atoms with E-state index in [4.69, 9.17) is 11.9 Å². The van der Waals surface area contributed by atoms with E-state index in [2.05, 4.69) is 4.29 Å². The third kappa shape index (κ3) is 2.01. The van der Waals surface area contributed by atoms with Crippen LogP contribution < -0.4 is 0 Å². The highest BCUT2D eigenvalue weighted by Gasteiger charge is 1.89. The van der Waals surface area contributed by atoms with Gasteiger partial charge in [-0.25, -0.2) is 0 Å². The van der Waals surface area contributed by atoms with Crippen LogP contribution >= 0.6 is 11.9 Å². The van der Waals surface area contributed by atoms with E-state index in [9.17, 15) is 0 Å². The van der Waals surface area contributed by atoms with E-state index >= 15 is 0 Å². The fourth-order valence-electron chi connectivity index (χ4n) is 0.747. The zero-order valence-corrected chi connectivity index (χ0v) is 6.56. The van der Waals surface area contributed by atoms with E-state index in [1.807, 2.05) is 31.2 Å². The standard InChI is InChI=1S/C8H9ClO/c1-7-2-4-8(5-3-7)6-10-9/h2-5H,6H2,1H3. The summed E-state index contributed by atoms with van der Waals surface area (Å²) in [6.45, 7) is 2.52. The van der Waals surface area contributed by atoms with Crippen molar-refractivity contribution in [2.45, 2.75) is 13.5 Å². The quantitative estimate of drug-likeness (QED) is 0.640. The molecule has 0 aliphatic rings. The molecule has 0 radical (unpaired) electrons. The lowest BCUT2D eigenvalue weighted by atomic mass is 10.2. The summed E-state index contributed by atoms with van der Waals surface area (Å²) < 4.78 is 4.44. The van der Waals surface area contributed by atoms with Gasteiger partial charge in [0.15, 0.2) is 0 Å². The molecule has 0 aromatic heterocycles. The molecule has 0 heterocycles. The third-order valence-electron chi connectivity index (χ3n) is 1.34. The van der Waals surface area contributed by atoms with Gasteiger partial charge in [0.1, 0.15) is 0 Å². The lowest BCUT2D eigenvalue weighted by Gasteiger charge is -1.96. The molecule has 0 spiro atoms. The smallest absolute Gasteiger partial charge is 0.0933 e. The first-order valence-corrected chi connectivity index (χ1v) is 3.43. The van der Waals surface area contributed by atoms with E-state index in [0.717, 1.165) is 5.56 Å². The molecule has 2 heteroatoms. The number of hydrogen-bond acceptors (Lipinski definition) is 1. The van der Waals surface area contributed by atoms with Crippen molar-refractivity contribution in [2.24, 2.45) is 0 Å². The lowest BCUT2D eigenvalue weighted by molar-refractivity contribution is 0.341. The summed E-state index contributed by atoms with van der Waals surface area (Å²) in [5.74, 6) is 0. The molecule has 0 aliphatic heterocycles. The van der Waals surface area contributed by atoms with Gasteiger partial charge in [-0.15, -0.1) is 0 Å². The maximum absolute atomic E-state index is 5.08. The minimum atomic E-state index is 0.474. The molecule has 1 rings (SSSR count). The number of rotatable bonds is 2. The summed E-state index contributed by atoms with van der Waals surface area (Å²) in [5, 5.41) is 0. The van der Waals surface area contributed by atoms with Crippen molar-refractivity contribution in [3.8, 4) is 0 Å². The first-order chi connectivity index (χ1) is 4.83.